The number of phenols is 1. The van der Waals surface area contributed by atoms with Gasteiger partial charge in [0.15, 0.2) is 5.69 Å². The molecule has 0 spiro atoms. The highest BCUT2D eigenvalue weighted by Crippen LogP contribution is 2.45. The van der Waals surface area contributed by atoms with E-state index in [2.05, 4.69) is 52.9 Å². The molecular weight excluding hydrogens is 576 g/mol. The number of nitrogens with zero attached hydrogens (tertiary/aromatic N) is 2. The smallest absolute Gasteiger partial charge is 0.357 e. The minimum Gasteiger partial charge on any atom is -0.506 e. The summed E-state index contributed by atoms with van der Waals surface area (Å²) in [4.78, 5) is 25.3. The standard InChI is InChI=1S/C19H13Br3N2O5/c1-28-18(26)13-15(12-10(20)8-11(21)17(25)14(12)22)23-24(16(13)19(27)29-2)9-6-4-3-5-7-9/h3-8,25H,1-2H3. The molecule has 0 aliphatic carbocycles. The van der Waals surface area contributed by atoms with E-state index in [1.54, 1.807) is 30.3 Å². The number of benzene rings is 2. The lowest BCUT2D eigenvalue weighted by Crippen LogP contribution is -2.15. The fraction of sp³-hybridized carbons (Fsp3) is 0.105. The molecule has 3 aromatic rings. The topological polar surface area (TPSA) is 90.6 Å². The van der Waals surface area contributed by atoms with Crippen molar-refractivity contribution in [1.82, 2.24) is 9.78 Å². The second kappa shape index (κ2) is 8.68. The van der Waals surface area contributed by atoms with Gasteiger partial charge >= 0.3 is 11.9 Å². The van der Waals surface area contributed by atoms with E-state index in [1.165, 1.54) is 18.9 Å². The van der Waals surface area contributed by atoms with Crippen LogP contribution in [0.2, 0.25) is 0 Å². The van der Waals surface area contributed by atoms with Crippen LogP contribution in [0.3, 0.4) is 0 Å². The molecule has 3 rings (SSSR count). The fourth-order valence-electron chi connectivity index (χ4n) is 2.73. The van der Waals surface area contributed by atoms with Crippen LogP contribution in [0.4, 0.5) is 0 Å². The van der Waals surface area contributed by atoms with E-state index >= 15 is 0 Å². The van der Waals surface area contributed by atoms with Crippen molar-refractivity contribution in [2.75, 3.05) is 14.2 Å². The molecule has 0 bridgehead atoms. The van der Waals surface area contributed by atoms with E-state index in [-0.39, 0.29) is 27.2 Å². The first kappa shape index (κ1) is 21.5. The van der Waals surface area contributed by atoms with Gasteiger partial charge in [-0.1, -0.05) is 34.1 Å². The van der Waals surface area contributed by atoms with Gasteiger partial charge in [0, 0.05) is 10.0 Å². The van der Waals surface area contributed by atoms with Crippen LogP contribution in [0.25, 0.3) is 16.9 Å². The minimum atomic E-state index is -0.774. The molecule has 1 aromatic heterocycles. The zero-order chi connectivity index (χ0) is 21.3. The number of rotatable bonds is 4. The average Bonchev–Trinajstić information content (AvgIpc) is 3.11. The van der Waals surface area contributed by atoms with Gasteiger partial charge in [-0.25, -0.2) is 14.3 Å². The summed E-state index contributed by atoms with van der Waals surface area (Å²) in [6.07, 6.45) is 0. The summed E-state index contributed by atoms with van der Waals surface area (Å²) in [6, 6.07) is 10.4. The Bertz CT molecular complexity index is 1110. The van der Waals surface area contributed by atoms with Crippen molar-refractivity contribution in [3.63, 3.8) is 0 Å². The van der Waals surface area contributed by atoms with Crippen molar-refractivity contribution in [1.29, 1.82) is 0 Å². The Morgan fingerprint density at radius 3 is 2.21 bits per heavy atom. The summed E-state index contributed by atoms with van der Waals surface area (Å²) in [5.41, 5.74) is 0.847. The maximum atomic E-state index is 12.7. The van der Waals surface area contributed by atoms with E-state index < -0.39 is 11.9 Å². The Morgan fingerprint density at radius 2 is 1.62 bits per heavy atom. The Hall–Kier alpha value is -2.17. The quantitative estimate of drug-likeness (QED) is 0.426. The molecule has 10 heteroatoms. The third kappa shape index (κ3) is 3.84. The molecule has 7 nitrogen and oxygen atoms in total. The lowest BCUT2D eigenvalue weighted by Gasteiger charge is -2.10. The van der Waals surface area contributed by atoms with E-state index in [0.717, 1.165) is 0 Å². The van der Waals surface area contributed by atoms with Gasteiger partial charge in [0.05, 0.1) is 28.9 Å². The van der Waals surface area contributed by atoms with Gasteiger partial charge in [-0.15, -0.1) is 0 Å². The third-order valence-electron chi connectivity index (χ3n) is 4.04. The van der Waals surface area contributed by atoms with Crippen molar-refractivity contribution >= 4 is 59.7 Å². The van der Waals surface area contributed by atoms with Crippen molar-refractivity contribution < 1.29 is 24.2 Å². The SMILES string of the molecule is COC(=O)c1c(-c2c(Br)cc(Br)c(O)c2Br)nn(-c2ccccc2)c1C(=O)OC. The number of ether oxygens (including phenoxy) is 2. The number of halogens is 3. The second-order valence-corrected chi connectivity index (χ2v) is 8.18. The summed E-state index contributed by atoms with van der Waals surface area (Å²) in [6.45, 7) is 0. The summed E-state index contributed by atoms with van der Waals surface area (Å²) >= 11 is 10.0. The number of esters is 2. The molecule has 0 fully saturated rings. The molecule has 150 valence electrons. The molecule has 0 saturated carbocycles. The Morgan fingerprint density at radius 1 is 1.00 bits per heavy atom. The van der Waals surface area contributed by atoms with Gasteiger partial charge in [-0.05, 0) is 50.1 Å². The second-order valence-electron chi connectivity index (χ2n) is 5.68. The van der Waals surface area contributed by atoms with Crippen LogP contribution in [0.5, 0.6) is 5.75 Å². The van der Waals surface area contributed by atoms with Crippen molar-refractivity contribution in [2.24, 2.45) is 0 Å². The summed E-state index contributed by atoms with van der Waals surface area (Å²) in [7, 11) is 2.42. The first-order valence-electron chi connectivity index (χ1n) is 8.03. The van der Waals surface area contributed by atoms with Crippen LogP contribution in [0, 0.1) is 0 Å². The van der Waals surface area contributed by atoms with Crippen LogP contribution in [0.15, 0.2) is 49.8 Å². The van der Waals surface area contributed by atoms with E-state index in [0.29, 0.717) is 20.2 Å². The van der Waals surface area contributed by atoms with Crippen molar-refractivity contribution in [2.45, 2.75) is 0 Å². The molecule has 0 aliphatic heterocycles. The van der Waals surface area contributed by atoms with Crippen LogP contribution in [0.1, 0.15) is 20.8 Å². The van der Waals surface area contributed by atoms with Gasteiger partial charge < -0.3 is 14.6 Å². The first-order chi connectivity index (χ1) is 13.8. The van der Waals surface area contributed by atoms with Crippen molar-refractivity contribution in [3.8, 4) is 22.7 Å². The number of aromatic hydroxyl groups is 1. The molecule has 0 saturated heterocycles. The number of aromatic nitrogens is 2. The molecule has 2 aromatic carbocycles. The zero-order valence-electron chi connectivity index (χ0n) is 15.1. The Balaban J connectivity index is 2.46. The van der Waals surface area contributed by atoms with Crippen molar-refractivity contribution in [3.05, 3.63) is 61.1 Å². The number of carbonyl (C=O) groups excluding carboxylic acids is 2. The Kier molecular flexibility index (Phi) is 6.45. The molecule has 0 amide bonds. The lowest BCUT2D eigenvalue weighted by molar-refractivity contribution is 0.0549. The normalized spacial score (nSPS) is 10.7. The molecular formula is C19H13Br3N2O5. The number of hydrogen-bond donors (Lipinski definition) is 1. The van der Waals surface area contributed by atoms with Gasteiger partial charge in [0.25, 0.3) is 0 Å². The van der Waals surface area contributed by atoms with Gasteiger partial charge in [-0.2, -0.15) is 5.10 Å². The maximum absolute atomic E-state index is 12.7. The zero-order valence-corrected chi connectivity index (χ0v) is 19.8. The number of phenolic OH excluding ortho intramolecular Hbond substituents is 1. The molecule has 0 atom stereocenters. The number of carbonyl (C=O) groups is 2. The fourth-order valence-corrected chi connectivity index (χ4v) is 5.22. The van der Waals surface area contributed by atoms with Gasteiger partial charge in [-0.3, -0.25) is 0 Å². The average molecular weight is 589 g/mol. The predicted molar refractivity (Wildman–Crippen MR) is 116 cm³/mol. The highest BCUT2D eigenvalue weighted by Gasteiger charge is 2.33. The number of hydrogen-bond acceptors (Lipinski definition) is 6. The molecule has 0 unspecified atom stereocenters. The number of methoxy groups -OCH3 is 2. The molecule has 1 heterocycles. The minimum absolute atomic E-state index is 0.0899. The number of para-hydroxylation sites is 1. The van der Waals surface area contributed by atoms with Crippen LogP contribution >= 0.6 is 47.8 Å². The lowest BCUT2D eigenvalue weighted by atomic mass is 10.1. The van der Waals surface area contributed by atoms with Gasteiger partial charge in [0.2, 0.25) is 0 Å². The molecule has 1 N–H and O–H groups in total. The summed E-state index contributed by atoms with van der Waals surface area (Å²) in [5, 5.41) is 14.9. The third-order valence-corrected chi connectivity index (χ3v) is 6.04. The van der Waals surface area contributed by atoms with Crippen LogP contribution in [-0.4, -0.2) is 41.0 Å². The van der Waals surface area contributed by atoms with E-state index in [4.69, 9.17) is 9.47 Å². The molecule has 0 aliphatic rings. The van der Waals surface area contributed by atoms with E-state index in [1.807, 2.05) is 6.07 Å². The van der Waals surface area contributed by atoms with E-state index in [9.17, 15) is 14.7 Å². The van der Waals surface area contributed by atoms with Crippen LogP contribution < -0.4 is 0 Å². The van der Waals surface area contributed by atoms with Crippen LogP contribution in [-0.2, 0) is 9.47 Å². The summed E-state index contributed by atoms with van der Waals surface area (Å²) in [5.74, 6) is -1.63. The summed E-state index contributed by atoms with van der Waals surface area (Å²) < 4.78 is 12.3. The highest BCUT2D eigenvalue weighted by atomic mass is 79.9. The molecule has 29 heavy (non-hydrogen) atoms. The largest absolute Gasteiger partial charge is 0.506 e. The predicted octanol–water partition coefficient (Wildman–Crippen LogP) is 5.11. The maximum Gasteiger partial charge on any atom is 0.357 e. The molecule has 0 radical (unpaired) electrons. The first-order valence-corrected chi connectivity index (χ1v) is 10.4. The van der Waals surface area contributed by atoms with Gasteiger partial charge in [0.1, 0.15) is 17.0 Å². The Labute approximate surface area is 191 Å². The highest BCUT2D eigenvalue weighted by molar-refractivity contribution is 9.11. The monoisotopic (exact) mass is 586 g/mol.